The molecule has 3 aromatic carbocycles. The van der Waals surface area contributed by atoms with E-state index in [1.54, 1.807) is 0 Å². The number of aromatic nitrogens is 2. The maximum atomic E-state index is 13.2. The van der Waals surface area contributed by atoms with Crippen LogP contribution < -0.4 is 5.32 Å². The highest BCUT2D eigenvalue weighted by Crippen LogP contribution is 2.28. The van der Waals surface area contributed by atoms with Crippen LogP contribution in [0.3, 0.4) is 0 Å². The first-order valence-corrected chi connectivity index (χ1v) is 14.2. The van der Waals surface area contributed by atoms with Gasteiger partial charge in [0, 0.05) is 50.4 Å². The summed E-state index contributed by atoms with van der Waals surface area (Å²) in [5, 5.41) is 12.3. The molecule has 0 spiro atoms. The quantitative estimate of drug-likeness (QED) is 0.301. The molecule has 1 aliphatic rings. The number of imidazole rings is 1. The fourth-order valence-corrected chi connectivity index (χ4v) is 5.72. The van der Waals surface area contributed by atoms with E-state index in [9.17, 15) is 4.79 Å². The molecule has 1 aliphatic heterocycles. The normalized spacial score (nSPS) is 15.6. The number of nitriles is 1. The van der Waals surface area contributed by atoms with Crippen molar-refractivity contribution in [2.75, 3.05) is 26.2 Å². The first kappa shape index (κ1) is 27.4. The van der Waals surface area contributed by atoms with Crippen molar-refractivity contribution in [2.45, 2.75) is 38.6 Å². The third kappa shape index (κ3) is 6.86. The van der Waals surface area contributed by atoms with Crippen molar-refractivity contribution in [3.05, 3.63) is 125 Å². The lowest BCUT2D eigenvalue weighted by molar-refractivity contribution is -0.126. The van der Waals surface area contributed by atoms with Gasteiger partial charge in [-0.25, -0.2) is 4.98 Å². The number of rotatable bonds is 10. The Morgan fingerprint density at radius 2 is 1.70 bits per heavy atom. The van der Waals surface area contributed by atoms with Gasteiger partial charge in [0.1, 0.15) is 5.82 Å². The monoisotopic (exact) mass is 531 g/mol. The summed E-state index contributed by atoms with van der Waals surface area (Å²) in [7, 11) is 0. The molecule has 0 bridgehead atoms. The van der Waals surface area contributed by atoms with Crippen molar-refractivity contribution in [1.29, 1.82) is 5.26 Å². The Hall–Kier alpha value is -4.21. The van der Waals surface area contributed by atoms with Gasteiger partial charge in [-0.2, -0.15) is 5.26 Å². The number of aryl methyl sites for hydroxylation is 1. The highest BCUT2D eigenvalue weighted by Gasteiger charge is 2.28. The molecule has 1 fully saturated rings. The number of amides is 1. The molecule has 1 atom stereocenters. The molecule has 6 nitrogen and oxygen atoms in total. The Labute approximate surface area is 237 Å². The summed E-state index contributed by atoms with van der Waals surface area (Å²) in [6.07, 6.45) is 4.59. The van der Waals surface area contributed by atoms with Gasteiger partial charge in [0.25, 0.3) is 0 Å². The minimum Gasteiger partial charge on any atom is -0.355 e. The van der Waals surface area contributed by atoms with Crippen molar-refractivity contribution in [1.82, 2.24) is 19.8 Å². The van der Waals surface area contributed by atoms with Crippen molar-refractivity contribution in [3.8, 4) is 6.07 Å². The van der Waals surface area contributed by atoms with E-state index in [-0.39, 0.29) is 17.7 Å². The molecule has 0 saturated carbocycles. The highest BCUT2D eigenvalue weighted by atomic mass is 16.1. The van der Waals surface area contributed by atoms with Gasteiger partial charge in [0.2, 0.25) is 5.91 Å². The molecule has 1 N–H and O–H groups in total. The number of carbonyl (C=O) groups is 1. The number of carbonyl (C=O) groups excluding carboxylic acids is 1. The van der Waals surface area contributed by atoms with E-state index in [4.69, 9.17) is 5.26 Å². The summed E-state index contributed by atoms with van der Waals surface area (Å²) >= 11 is 0. The molecule has 0 radical (unpaired) electrons. The molecule has 6 heteroatoms. The van der Waals surface area contributed by atoms with Crippen LogP contribution in [0.25, 0.3) is 0 Å². The lowest BCUT2D eigenvalue weighted by atomic mass is 9.89. The van der Waals surface area contributed by atoms with Crippen LogP contribution >= 0.6 is 0 Å². The molecular weight excluding hydrogens is 494 g/mol. The van der Waals surface area contributed by atoms with E-state index in [1.807, 2.05) is 37.4 Å². The molecule has 0 aliphatic carbocycles. The van der Waals surface area contributed by atoms with E-state index < -0.39 is 0 Å². The first-order chi connectivity index (χ1) is 19.6. The highest BCUT2D eigenvalue weighted by molar-refractivity contribution is 5.79. The maximum absolute atomic E-state index is 13.2. The van der Waals surface area contributed by atoms with E-state index in [1.165, 1.54) is 11.1 Å². The van der Waals surface area contributed by atoms with Crippen LogP contribution in [-0.4, -0.2) is 46.5 Å². The summed E-state index contributed by atoms with van der Waals surface area (Å²) < 4.78 is 2.18. The van der Waals surface area contributed by atoms with Crippen LogP contribution in [-0.2, 0) is 17.8 Å². The number of likely N-dealkylation sites (tertiary alicyclic amines) is 1. The Bertz CT molecular complexity index is 1380. The number of hydrogen-bond donors (Lipinski definition) is 1. The van der Waals surface area contributed by atoms with Crippen molar-refractivity contribution in [3.63, 3.8) is 0 Å². The Morgan fingerprint density at radius 1 is 1.02 bits per heavy atom. The SMILES string of the molecule is Cc1ncc(CCNC(=O)[C@H]2CCCN(CC(c3ccccc3)c3ccccc3)C2)n1Cc1ccc(C#N)cc1. The predicted octanol–water partition coefficient (Wildman–Crippen LogP) is 5.31. The third-order valence-electron chi connectivity index (χ3n) is 7.96. The first-order valence-electron chi connectivity index (χ1n) is 14.2. The Balaban J connectivity index is 1.16. The summed E-state index contributed by atoms with van der Waals surface area (Å²) in [5.41, 5.74) is 5.50. The summed E-state index contributed by atoms with van der Waals surface area (Å²) in [5.74, 6) is 1.38. The van der Waals surface area contributed by atoms with Crippen LogP contribution in [0.2, 0.25) is 0 Å². The Morgan fingerprint density at radius 3 is 2.35 bits per heavy atom. The molecule has 4 aromatic rings. The van der Waals surface area contributed by atoms with Gasteiger partial charge in [-0.1, -0.05) is 72.8 Å². The lowest BCUT2D eigenvalue weighted by Crippen LogP contribution is -2.44. The average molecular weight is 532 g/mol. The van der Waals surface area contributed by atoms with Gasteiger partial charge < -0.3 is 14.8 Å². The second-order valence-electron chi connectivity index (χ2n) is 10.7. The van der Waals surface area contributed by atoms with E-state index in [0.717, 1.165) is 56.0 Å². The number of nitrogens with one attached hydrogen (secondary N) is 1. The fourth-order valence-electron chi connectivity index (χ4n) is 5.72. The molecule has 1 amide bonds. The van der Waals surface area contributed by atoms with Crippen molar-refractivity contribution in [2.24, 2.45) is 5.92 Å². The predicted molar refractivity (Wildman–Crippen MR) is 158 cm³/mol. The van der Waals surface area contributed by atoms with Crippen molar-refractivity contribution < 1.29 is 4.79 Å². The van der Waals surface area contributed by atoms with Crippen LogP contribution in [0.15, 0.2) is 91.1 Å². The minimum atomic E-state index is 0.00578. The smallest absolute Gasteiger partial charge is 0.224 e. The standard InChI is InChI=1S/C34H37N5O/c1-26-37-22-32(39(26)23-28-16-14-27(21-35)15-17-28)18-19-36-34(40)31-13-8-20-38(24-31)25-33(29-9-4-2-5-10-29)30-11-6-3-7-12-30/h2-7,9-12,14-17,22,31,33H,8,13,18-20,23-25H2,1H3,(H,36,40)/t31-/m0/s1. The molecule has 1 aromatic heterocycles. The number of piperidine rings is 1. The van der Waals surface area contributed by atoms with E-state index in [2.05, 4.69) is 86.5 Å². The second-order valence-corrected chi connectivity index (χ2v) is 10.7. The molecule has 0 unspecified atom stereocenters. The van der Waals surface area contributed by atoms with Crippen LogP contribution in [0.5, 0.6) is 0 Å². The van der Waals surface area contributed by atoms with E-state index >= 15 is 0 Å². The molecule has 5 rings (SSSR count). The molecular formula is C34H37N5O. The Kier molecular flexibility index (Phi) is 9.05. The van der Waals surface area contributed by atoms with Gasteiger partial charge in [-0.05, 0) is 55.1 Å². The van der Waals surface area contributed by atoms with Gasteiger partial charge in [0.05, 0.1) is 17.6 Å². The molecule has 1 saturated heterocycles. The zero-order chi connectivity index (χ0) is 27.7. The van der Waals surface area contributed by atoms with Gasteiger partial charge in [0.15, 0.2) is 0 Å². The van der Waals surface area contributed by atoms with Crippen LogP contribution in [0.1, 0.15) is 52.5 Å². The topological polar surface area (TPSA) is 74.0 Å². The van der Waals surface area contributed by atoms with Gasteiger partial charge in [-0.3, -0.25) is 4.79 Å². The van der Waals surface area contributed by atoms with Crippen LogP contribution in [0, 0.1) is 24.2 Å². The minimum absolute atomic E-state index is 0.00578. The number of benzene rings is 3. The summed E-state index contributed by atoms with van der Waals surface area (Å²) in [4.78, 5) is 20.2. The van der Waals surface area contributed by atoms with Crippen molar-refractivity contribution >= 4 is 5.91 Å². The van der Waals surface area contributed by atoms with E-state index in [0.29, 0.717) is 18.7 Å². The maximum Gasteiger partial charge on any atom is 0.224 e. The van der Waals surface area contributed by atoms with Crippen LogP contribution in [0.4, 0.5) is 0 Å². The molecule has 40 heavy (non-hydrogen) atoms. The summed E-state index contributed by atoms with van der Waals surface area (Å²) in [6.45, 7) is 6.00. The molecule has 2 heterocycles. The average Bonchev–Trinajstić information content (AvgIpc) is 3.35. The zero-order valence-electron chi connectivity index (χ0n) is 23.2. The van der Waals surface area contributed by atoms with Gasteiger partial charge >= 0.3 is 0 Å². The fraction of sp³-hybridized carbons (Fsp3) is 0.324. The lowest BCUT2D eigenvalue weighted by Gasteiger charge is -2.34. The summed E-state index contributed by atoms with van der Waals surface area (Å²) in [6, 6.07) is 31.2. The zero-order valence-corrected chi connectivity index (χ0v) is 23.2. The second kappa shape index (κ2) is 13.2. The third-order valence-corrected chi connectivity index (χ3v) is 7.96. The largest absolute Gasteiger partial charge is 0.355 e. The van der Waals surface area contributed by atoms with Gasteiger partial charge in [-0.15, -0.1) is 0 Å². The number of nitrogens with zero attached hydrogens (tertiary/aromatic N) is 4. The molecule has 204 valence electrons. The number of hydrogen-bond acceptors (Lipinski definition) is 4.